The standard InChI is InChI=1S/C8H16N2O3/c1-6-4-13-5-8(12)10(6)2-7(9)3-11/h6-7,11H,2-5,9H2,1H3. The molecule has 5 heteroatoms. The number of hydrogen-bond acceptors (Lipinski definition) is 4. The fourth-order valence-corrected chi connectivity index (χ4v) is 1.33. The van der Waals surface area contributed by atoms with Crippen molar-refractivity contribution >= 4 is 5.91 Å². The van der Waals surface area contributed by atoms with E-state index in [9.17, 15) is 4.79 Å². The van der Waals surface area contributed by atoms with Gasteiger partial charge in [-0.1, -0.05) is 0 Å². The Balaban J connectivity index is 2.48. The van der Waals surface area contributed by atoms with Crippen molar-refractivity contribution in [1.29, 1.82) is 0 Å². The molecule has 13 heavy (non-hydrogen) atoms. The molecule has 0 saturated carbocycles. The summed E-state index contributed by atoms with van der Waals surface area (Å²) in [5.41, 5.74) is 5.54. The normalized spacial score (nSPS) is 26.2. The van der Waals surface area contributed by atoms with Crippen molar-refractivity contribution in [2.45, 2.75) is 19.0 Å². The minimum Gasteiger partial charge on any atom is -0.395 e. The van der Waals surface area contributed by atoms with Crippen LogP contribution in [0.25, 0.3) is 0 Å². The average Bonchev–Trinajstić information content (AvgIpc) is 2.11. The summed E-state index contributed by atoms with van der Waals surface area (Å²) < 4.78 is 5.04. The van der Waals surface area contributed by atoms with Crippen molar-refractivity contribution in [1.82, 2.24) is 4.90 Å². The van der Waals surface area contributed by atoms with Gasteiger partial charge in [0, 0.05) is 12.6 Å². The molecule has 1 fully saturated rings. The van der Waals surface area contributed by atoms with Crippen LogP contribution in [0.15, 0.2) is 0 Å². The van der Waals surface area contributed by atoms with E-state index in [0.29, 0.717) is 13.2 Å². The highest BCUT2D eigenvalue weighted by Gasteiger charge is 2.26. The van der Waals surface area contributed by atoms with Crippen molar-refractivity contribution < 1.29 is 14.6 Å². The third-order valence-electron chi connectivity index (χ3n) is 2.10. The van der Waals surface area contributed by atoms with E-state index in [1.165, 1.54) is 0 Å². The zero-order chi connectivity index (χ0) is 9.84. The number of aliphatic hydroxyl groups is 1. The molecule has 1 rings (SSSR count). The second-order valence-corrected chi connectivity index (χ2v) is 3.35. The van der Waals surface area contributed by atoms with Crippen LogP contribution in [-0.2, 0) is 9.53 Å². The maximum Gasteiger partial charge on any atom is 0.248 e. The van der Waals surface area contributed by atoms with Gasteiger partial charge in [0.2, 0.25) is 5.91 Å². The Hall–Kier alpha value is -0.650. The lowest BCUT2D eigenvalue weighted by Crippen LogP contribution is -2.52. The number of hydrogen-bond donors (Lipinski definition) is 2. The van der Waals surface area contributed by atoms with Crippen molar-refractivity contribution in [3.8, 4) is 0 Å². The minimum absolute atomic E-state index is 0.0531. The predicted molar refractivity (Wildman–Crippen MR) is 47.1 cm³/mol. The smallest absolute Gasteiger partial charge is 0.248 e. The van der Waals surface area contributed by atoms with Gasteiger partial charge in [-0.25, -0.2) is 0 Å². The number of carbonyl (C=O) groups excluding carboxylic acids is 1. The topological polar surface area (TPSA) is 75.8 Å². The summed E-state index contributed by atoms with van der Waals surface area (Å²) >= 11 is 0. The lowest BCUT2D eigenvalue weighted by Gasteiger charge is -2.34. The Bertz CT molecular complexity index is 186. The number of morpholine rings is 1. The van der Waals surface area contributed by atoms with Crippen molar-refractivity contribution in [2.24, 2.45) is 5.73 Å². The van der Waals surface area contributed by atoms with E-state index in [0.717, 1.165) is 0 Å². The van der Waals surface area contributed by atoms with E-state index in [-0.39, 0.29) is 31.2 Å². The fourth-order valence-electron chi connectivity index (χ4n) is 1.33. The van der Waals surface area contributed by atoms with Gasteiger partial charge in [0.05, 0.1) is 19.3 Å². The molecule has 1 heterocycles. The zero-order valence-corrected chi connectivity index (χ0v) is 7.77. The number of ether oxygens (including phenoxy) is 1. The number of aliphatic hydroxyl groups excluding tert-OH is 1. The van der Waals surface area contributed by atoms with Gasteiger partial charge in [-0.15, -0.1) is 0 Å². The van der Waals surface area contributed by atoms with Gasteiger partial charge in [0.1, 0.15) is 6.61 Å². The summed E-state index contributed by atoms with van der Waals surface area (Å²) in [4.78, 5) is 13.0. The first kappa shape index (κ1) is 10.4. The maximum absolute atomic E-state index is 11.3. The molecule has 0 radical (unpaired) electrons. The van der Waals surface area contributed by atoms with Crippen molar-refractivity contribution in [3.63, 3.8) is 0 Å². The highest BCUT2D eigenvalue weighted by atomic mass is 16.5. The number of nitrogens with zero attached hydrogens (tertiary/aromatic N) is 1. The maximum atomic E-state index is 11.3. The van der Waals surface area contributed by atoms with Gasteiger partial charge < -0.3 is 20.5 Å². The third-order valence-corrected chi connectivity index (χ3v) is 2.10. The third kappa shape index (κ3) is 2.65. The molecular weight excluding hydrogens is 172 g/mol. The van der Waals surface area contributed by atoms with Crippen LogP contribution in [0.2, 0.25) is 0 Å². The Kier molecular flexibility index (Phi) is 3.65. The van der Waals surface area contributed by atoms with Crippen molar-refractivity contribution in [3.05, 3.63) is 0 Å². The molecule has 1 saturated heterocycles. The van der Waals surface area contributed by atoms with Gasteiger partial charge in [0.25, 0.3) is 0 Å². The summed E-state index contributed by atoms with van der Waals surface area (Å²) in [5, 5.41) is 8.74. The lowest BCUT2D eigenvalue weighted by atomic mass is 10.2. The molecule has 2 atom stereocenters. The second-order valence-electron chi connectivity index (χ2n) is 3.35. The molecule has 0 aromatic rings. The number of carbonyl (C=O) groups is 1. The van der Waals surface area contributed by atoms with E-state index in [2.05, 4.69) is 0 Å². The van der Waals surface area contributed by atoms with Crippen LogP contribution >= 0.6 is 0 Å². The van der Waals surface area contributed by atoms with E-state index < -0.39 is 0 Å². The lowest BCUT2D eigenvalue weighted by molar-refractivity contribution is -0.147. The average molecular weight is 188 g/mol. The van der Waals surface area contributed by atoms with E-state index >= 15 is 0 Å². The van der Waals surface area contributed by atoms with Crippen LogP contribution < -0.4 is 5.73 Å². The van der Waals surface area contributed by atoms with Crippen LogP contribution in [0, 0.1) is 0 Å². The molecule has 2 unspecified atom stereocenters. The first-order valence-corrected chi connectivity index (χ1v) is 4.38. The van der Waals surface area contributed by atoms with Crippen LogP contribution in [-0.4, -0.2) is 54.4 Å². The summed E-state index contributed by atoms with van der Waals surface area (Å²) in [6, 6.07) is -0.302. The molecule has 0 aliphatic carbocycles. The molecule has 76 valence electrons. The van der Waals surface area contributed by atoms with Gasteiger partial charge in [-0.2, -0.15) is 0 Å². The largest absolute Gasteiger partial charge is 0.395 e. The Morgan fingerprint density at radius 2 is 2.54 bits per heavy atom. The molecule has 0 aromatic heterocycles. The zero-order valence-electron chi connectivity index (χ0n) is 7.77. The van der Waals surface area contributed by atoms with Crippen LogP contribution in [0.1, 0.15) is 6.92 Å². The van der Waals surface area contributed by atoms with Crippen LogP contribution in [0.3, 0.4) is 0 Å². The summed E-state index contributed by atoms with van der Waals surface area (Å²) in [6.45, 7) is 2.88. The van der Waals surface area contributed by atoms with E-state index in [1.54, 1.807) is 4.90 Å². The molecule has 1 amide bonds. The van der Waals surface area contributed by atoms with Crippen molar-refractivity contribution in [2.75, 3.05) is 26.4 Å². The molecule has 3 N–H and O–H groups in total. The first-order valence-electron chi connectivity index (χ1n) is 4.38. The number of rotatable bonds is 3. The molecular formula is C8H16N2O3. The quantitative estimate of drug-likeness (QED) is 0.568. The van der Waals surface area contributed by atoms with Gasteiger partial charge >= 0.3 is 0 Å². The van der Waals surface area contributed by atoms with Crippen LogP contribution in [0.4, 0.5) is 0 Å². The van der Waals surface area contributed by atoms with Gasteiger partial charge in [-0.3, -0.25) is 4.79 Å². The molecule has 1 aliphatic rings. The first-order chi connectivity index (χ1) is 6.15. The van der Waals surface area contributed by atoms with Gasteiger partial charge in [-0.05, 0) is 6.92 Å². The predicted octanol–water partition coefficient (Wildman–Crippen LogP) is -1.45. The summed E-state index contributed by atoms with van der Waals surface area (Å²) in [5.74, 6) is -0.0531. The SMILES string of the molecule is CC1COCC(=O)N1CC(N)CO. The minimum atomic E-state index is -0.357. The second kappa shape index (κ2) is 4.55. The highest BCUT2D eigenvalue weighted by Crippen LogP contribution is 2.07. The molecule has 0 spiro atoms. The Morgan fingerprint density at radius 1 is 1.85 bits per heavy atom. The molecule has 0 bridgehead atoms. The number of amides is 1. The fraction of sp³-hybridized carbons (Fsp3) is 0.875. The van der Waals surface area contributed by atoms with Crippen LogP contribution in [0.5, 0.6) is 0 Å². The Labute approximate surface area is 77.5 Å². The van der Waals surface area contributed by atoms with Gasteiger partial charge in [0.15, 0.2) is 0 Å². The Morgan fingerprint density at radius 3 is 3.08 bits per heavy atom. The molecule has 1 aliphatic heterocycles. The van der Waals surface area contributed by atoms with E-state index in [1.807, 2.05) is 6.92 Å². The molecule has 5 nitrogen and oxygen atoms in total. The summed E-state index contributed by atoms with van der Waals surface area (Å²) in [7, 11) is 0. The monoisotopic (exact) mass is 188 g/mol. The number of nitrogens with two attached hydrogens (primary N) is 1. The molecule has 0 aromatic carbocycles. The summed E-state index contributed by atoms with van der Waals surface area (Å²) in [6.07, 6.45) is 0. The van der Waals surface area contributed by atoms with E-state index in [4.69, 9.17) is 15.6 Å². The highest BCUT2D eigenvalue weighted by molar-refractivity contribution is 5.78.